The van der Waals surface area contributed by atoms with Gasteiger partial charge in [0.2, 0.25) is 16.0 Å². The van der Waals surface area contributed by atoms with E-state index in [4.69, 9.17) is 21.5 Å². The fraction of sp³-hybridized carbons (Fsp3) is 0.450. The molecule has 0 amide bonds. The molecule has 1 N–H and O–H groups in total. The lowest BCUT2D eigenvalue weighted by atomic mass is 10.0. The predicted molar refractivity (Wildman–Crippen MR) is 115 cm³/mol. The number of carbonyl (C=O) groups is 1. The summed E-state index contributed by atoms with van der Waals surface area (Å²) in [5, 5.41) is 7.47. The molecule has 3 heterocycles. The number of fused-ring (bicyclic) bond motifs is 1. The maximum Gasteiger partial charge on any atom is 0.490 e. The first kappa shape index (κ1) is 25.2. The van der Waals surface area contributed by atoms with Crippen LogP contribution >= 0.6 is 11.6 Å². The number of carboxylic acids is 1. The van der Waals surface area contributed by atoms with Gasteiger partial charge in [-0.05, 0) is 42.5 Å². The second kappa shape index (κ2) is 10.2. The summed E-state index contributed by atoms with van der Waals surface area (Å²) in [5.74, 6) is -1.92. The fourth-order valence-corrected chi connectivity index (χ4v) is 6.25. The molecule has 2 aromatic rings. The van der Waals surface area contributed by atoms with Crippen molar-refractivity contribution in [2.45, 2.75) is 30.8 Å². The monoisotopic (exact) mass is 506 g/mol. The Hall–Kier alpha value is -2.44. The quantitative estimate of drug-likeness (QED) is 0.681. The molecule has 180 valence electrons. The topological polar surface area (TPSA) is 104 Å². The van der Waals surface area contributed by atoms with Crippen molar-refractivity contribution in [3.05, 3.63) is 53.3 Å². The Morgan fingerprint density at radius 2 is 1.70 bits per heavy atom. The number of aliphatic carboxylic acids is 1. The van der Waals surface area contributed by atoms with Crippen molar-refractivity contribution in [1.29, 1.82) is 0 Å². The summed E-state index contributed by atoms with van der Waals surface area (Å²) in [7, 11) is -3.29. The second-order valence-electron chi connectivity index (χ2n) is 7.68. The van der Waals surface area contributed by atoms with Crippen molar-refractivity contribution in [2.24, 2.45) is 5.92 Å². The first-order valence-electron chi connectivity index (χ1n) is 10.0. The number of aromatic nitrogens is 2. The molecule has 13 heteroatoms. The number of alkyl halides is 3. The van der Waals surface area contributed by atoms with Gasteiger partial charge in [-0.3, -0.25) is 0 Å². The minimum atomic E-state index is -5.08. The molecule has 1 aromatic heterocycles. The highest BCUT2D eigenvalue weighted by Crippen LogP contribution is 2.35. The number of benzene rings is 1. The third-order valence-electron chi connectivity index (χ3n) is 5.51. The van der Waals surface area contributed by atoms with E-state index in [-0.39, 0.29) is 11.2 Å². The molecular weight excluding hydrogens is 485 g/mol. The Labute approximate surface area is 194 Å². The average Bonchev–Trinajstić information content (AvgIpc) is 2.90. The lowest BCUT2D eigenvalue weighted by molar-refractivity contribution is -0.192. The van der Waals surface area contributed by atoms with Crippen molar-refractivity contribution in [3.8, 4) is 0 Å². The van der Waals surface area contributed by atoms with E-state index in [1.165, 1.54) is 0 Å². The van der Waals surface area contributed by atoms with Gasteiger partial charge in [0.1, 0.15) is 0 Å². The molecule has 0 saturated carbocycles. The van der Waals surface area contributed by atoms with Gasteiger partial charge in [-0.2, -0.15) is 17.5 Å². The van der Waals surface area contributed by atoms with Gasteiger partial charge in [0, 0.05) is 43.6 Å². The number of sulfonamides is 1. The summed E-state index contributed by atoms with van der Waals surface area (Å²) in [6.07, 6.45) is -0.195. The highest BCUT2D eigenvalue weighted by atomic mass is 35.5. The third kappa shape index (κ3) is 6.33. The minimum absolute atomic E-state index is 0.154. The van der Waals surface area contributed by atoms with Crippen LogP contribution < -0.4 is 4.90 Å². The van der Waals surface area contributed by atoms with E-state index in [9.17, 15) is 21.6 Å². The number of halogens is 4. The lowest BCUT2D eigenvalue weighted by Gasteiger charge is -2.21. The van der Waals surface area contributed by atoms with Crippen LogP contribution in [0.15, 0.2) is 42.7 Å². The van der Waals surface area contributed by atoms with Crippen molar-refractivity contribution in [3.63, 3.8) is 0 Å². The number of nitrogens with zero attached hydrogens (tertiary/aromatic N) is 4. The SMILES string of the molecule is O=C(O)C(F)(F)F.O=S1(=O)[C@@H]2CCN(c3ncccn3)CC[C@@H]2CN1Cc1ccc(Cl)cc1. The molecule has 33 heavy (non-hydrogen) atoms. The molecule has 0 radical (unpaired) electrons. The molecule has 0 spiro atoms. The van der Waals surface area contributed by atoms with E-state index in [1.807, 2.05) is 12.1 Å². The number of rotatable bonds is 3. The van der Waals surface area contributed by atoms with Gasteiger partial charge in [-0.1, -0.05) is 23.7 Å². The molecule has 0 unspecified atom stereocenters. The predicted octanol–water partition coefficient (Wildman–Crippen LogP) is 3.19. The van der Waals surface area contributed by atoms with E-state index in [1.54, 1.807) is 34.9 Å². The molecule has 0 aliphatic carbocycles. The number of hydrogen-bond acceptors (Lipinski definition) is 6. The summed E-state index contributed by atoms with van der Waals surface area (Å²) in [4.78, 5) is 19.6. The molecule has 2 fully saturated rings. The summed E-state index contributed by atoms with van der Waals surface area (Å²) in [6.45, 7) is 2.45. The molecule has 8 nitrogen and oxygen atoms in total. The Morgan fingerprint density at radius 1 is 1.12 bits per heavy atom. The zero-order valence-corrected chi connectivity index (χ0v) is 18.9. The number of carboxylic acid groups (broad SMARTS) is 1. The van der Waals surface area contributed by atoms with Gasteiger partial charge < -0.3 is 10.0 Å². The Bertz CT molecular complexity index is 1060. The summed E-state index contributed by atoms with van der Waals surface area (Å²) < 4.78 is 59.5. The average molecular weight is 507 g/mol. The largest absolute Gasteiger partial charge is 0.490 e. The highest BCUT2D eigenvalue weighted by Gasteiger charge is 2.46. The van der Waals surface area contributed by atoms with E-state index in [0.717, 1.165) is 18.5 Å². The van der Waals surface area contributed by atoms with Crippen LogP contribution in [0.1, 0.15) is 18.4 Å². The third-order valence-corrected chi connectivity index (χ3v) is 8.15. The van der Waals surface area contributed by atoms with Crippen LogP contribution in [0, 0.1) is 5.92 Å². The van der Waals surface area contributed by atoms with E-state index < -0.39 is 22.2 Å². The van der Waals surface area contributed by atoms with Gasteiger partial charge >= 0.3 is 12.1 Å². The molecule has 2 saturated heterocycles. The summed E-state index contributed by atoms with van der Waals surface area (Å²) in [5.41, 5.74) is 0.966. The maximum absolute atomic E-state index is 13.0. The first-order valence-corrected chi connectivity index (χ1v) is 11.9. The molecule has 2 aliphatic heterocycles. The Morgan fingerprint density at radius 3 is 2.27 bits per heavy atom. The van der Waals surface area contributed by atoms with Gasteiger partial charge in [-0.25, -0.2) is 23.2 Å². The number of anilines is 1. The fourth-order valence-electron chi connectivity index (χ4n) is 3.90. The molecule has 1 aromatic carbocycles. The van der Waals surface area contributed by atoms with Crippen LogP contribution in [0.4, 0.5) is 19.1 Å². The maximum atomic E-state index is 13.0. The van der Waals surface area contributed by atoms with E-state index in [2.05, 4.69) is 14.9 Å². The standard InChI is InChI=1S/C18H21ClN4O2S.C2HF3O2/c19-16-4-2-14(3-5-16)12-23-13-15-6-10-22(18-20-8-1-9-21-18)11-7-17(15)26(23,24)25;3-2(4,5)1(6)7/h1-5,8-9,15,17H,6-7,10-13H2;(H,6,7)/t15-,17-;/m1./s1. The van der Waals surface area contributed by atoms with Crippen LogP contribution in [-0.4, -0.2) is 64.8 Å². The molecular formula is C20H22ClF3N4O4S. The zero-order chi connectivity index (χ0) is 24.2. The Kier molecular flexibility index (Phi) is 7.80. The zero-order valence-electron chi connectivity index (χ0n) is 17.3. The van der Waals surface area contributed by atoms with Crippen molar-refractivity contribution in [2.75, 3.05) is 24.5 Å². The van der Waals surface area contributed by atoms with Gasteiger partial charge in [-0.15, -0.1) is 0 Å². The summed E-state index contributed by atoms with van der Waals surface area (Å²) in [6, 6.07) is 9.17. The molecule has 2 aliphatic rings. The van der Waals surface area contributed by atoms with Crippen LogP contribution in [0.3, 0.4) is 0 Å². The van der Waals surface area contributed by atoms with Crippen LogP contribution in [0.5, 0.6) is 0 Å². The minimum Gasteiger partial charge on any atom is -0.475 e. The van der Waals surface area contributed by atoms with Crippen molar-refractivity contribution < 1.29 is 31.5 Å². The lowest BCUT2D eigenvalue weighted by Crippen LogP contribution is -2.32. The smallest absolute Gasteiger partial charge is 0.475 e. The first-order chi connectivity index (χ1) is 15.5. The van der Waals surface area contributed by atoms with Gasteiger partial charge in [0.25, 0.3) is 0 Å². The van der Waals surface area contributed by atoms with E-state index >= 15 is 0 Å². The summed E-state index contributed by atoms with van der Waals surface area (Å²) >= 11 is 5.92. The van der Waals surface area contributed by atoms with Crippen molar-refractivity contribution >= 4 is 33.5 Å². The van der Waals surface area contributed by atoms with Crippen molar-refractivity contribution in [1.82, 2.24) is 14.3 Å². The molecule has 4 rings (SSSR count). The second-order valence-corrected chi connectivity index (χ2v) is 10.3. The van der Waals surface area contributed by atoms with Crippen LogP contribution in [0.25, 0.3) is 0 Å². The highest BCUT2D eigenvalue weighted by molar-refractivity contribution is 7.90. The van der Waals surface area contributed by atoms with Gasteiger partial charge in [0.15, 0.2) is 0 Å². The van der Waals surface area contributed by atoms with Crippen LogP contribution in [-0.2, 0) is 21.4 Å². The normalized spacial score (nSPS) is 22.6. The number of hydrogen-bond donors (Lipinski definition) is 1. The molecule has 0 bridgehead atoms. The van der Waals surface area contributed by atoms with E-state index in [0.29, 0.717) is 37.0 Å². The Balaban J connectivity index is 0.000000383. The molecule has 2 atom stereocenters. The van der Waals surface area contributed by atoms with Crippen LogP contribution in [0.2, 0.25) is 5.02 Å². The van der Waals surface area contributed by atoms with Gasteiger partial charge in [0.05, 0.1) is 5.25 Å².